The highest BCUT2D eigenvalue weighted by Gasteiger charge is 2.48. The zero-order valence-corrected chi connectivity index (χ0v) is 6.59. The predicted octanol–water partition coefficient (Wildman–Crippen LogP) is 0.369. The predicted molar refractivity (Wildman–Crippen MR) is 41.0 cm³/mol. The summed E-state index contributed by atoms with van der Waals surface area (Å²) in [5, 5.41) is 2.37. The van der Waals surface area contributed by atoms with E-state index in [0.29, 0.717) is 11.8 Å². The summed E-state index contributed by atoms with van der Waals surface area (Å²) >= 11 is 0. The first-order valence-electron chi connectivity index (χ1n) is 4.37. The van der Waals surface area contributed by atoms with Crippen molar-refractivity contribution < 1.29 is 9.59 Å². The van der Waals surface area contributed by atoms with Gasteiger partial charge in [-0.15, -0.1) is 0 Å². The molecule has 2 bridgehead atoms. The van der Waals surface area contributed by atoms with Crippen LogP contribution in [0.5, 0.6) is 0 Å². The van der Waals surface area contributed by atoms with Crippen LogP contribution in [0.4, 0.5) is 0 Å². The molecular formula is C9H9NO2. The third kappa shape index (κ3) is 0.543. The molecule has 2 aliphatic carbocycles. The second-order valence-electron chi connectivity index (χ2n) is 3.82. The van der Waals surface area contributed by atoms with Gasteiger partial charge in [-0.1, -0.05) is 0 Å². The van der Waals surface area contributed by atoms with Gasteiger partial charge < -0.3 is 0 Å². The average Bonchev–Trinajstić information content (AvgIpc) is 2.64. The van der Waals surface area contributed by atoms with E-state index in [1.165, 1.54) is 0 Å². The first kappa shape index (κ1) is 6.40. The molecule has 3 nitrogen and oxygen atoms in total. The van der Waals surface area contributed by atoms with Gasteiger partial charge in [-0.05, 0) is 31.1 Å². The van der Waals surface area contributed by atoms with Crippen molar-refractivity contribution in [2.24, 2.45) is 11.8 Å². The Kier molecular flexibility index (Phi) is 0.953. The van der Waals surface area contributed by atoms with Crippen LogP contribution in [0.15, 0.2) is 11.1 Å². The quantitative estimate of drug-likeness (QED) is 0.524. The number of carbonyl (C=O) groups excluding carboxylic acids is 2. The molecule has 12 heavy (non-hydrogen) atoms. The van der Waals surface area contributed by atoms with Crippen molar-refractivity contribution in [2.75, 3.05) is 0 Å². The number of rotatable bonds is 0. The van der Waals surface area contributed by atoms with Crippen LogP contribution < -0.4 is 5.32 Å². The highest BCUT2D eigenvalue weighted by Crippen LogP contribution is 2.50. The fourth-order valence-corrected chi connectivity index (χ4v) is 2.80. The molecule has 3 rings (SSSR count). The van der Waals surface area contributed by atoms with Crippen LogP contribution >= 0.6 is 0 Å². The summed E-state index contributed by atoms with van der Waals surface area (Å²) in [6, 6.07) is 0. The van der Waals surface area contributed by atoms with E-state index in [0.717, 1.165) is 30.4 Å². The Hall–Kier alpha value is -1.12. The largest absolute Gasteiger partial charge is 0.289 e. The summed E-state index contributed by atoms with van der Waals surface area (Å²) in [6.07, 6.45) is 3.25. The van der Waals surface area contributed by atoms with Crippen molar-refractivity contribution in [3.05, 3.63) is 11.1 Å². The zero-order chi connectivity index (χ0) is 8.29. The molecule has 1 saturated carbocycles. The first-order valence-corrected chi connectivity index (χ1v) is 4.37. The number of nitrogens with one attached hydrogen (secondary N) is 1. The summed E-state index contributed by atoms with van der Waals surface area (Å²) in [5.41, 5.74) is 1.63. The van der Waals surface area contributed by atoms with Crippen LogP contribution in [0.1, 0.15) is 19.3 Å². The van der Waals surface area contributed by atoms with E-state index in [4.69, 9.17) is 0 Å². The fourth-order valence-electron chi connectivity index (χ4n) is 2.80. The van der Waals surface area contributed by atoms with E-state index in [9.17, 15) is 9.59 Å². The molecule has 1 heterocycles. The molecule has 1 N–H and O–H groups in total. The summed E-state index contributed by atoms with van der Waals surface area (Å²) in [7, 11) is 0. The molecule has 0 radical (unpaired) electrons. The van der Waals surface area contributed by atoms with E-state index in [-0.39, 0.29) is 11.8 Å². The maximum Gasteiger partial charge on any atom is 0.254 e. The molecular weight excluding hydrogens is 154 g/mol. The summed E-state index contributed by atoms with van der Waals surface area (Å²) in [6.45, 7) is 0. The number of amides is 2. The molecule has 3 aliphatic rings. The lowest BCUT2D eigenvalue weighted by molar-refractivity contribution is -0.124. The van der Waals surface area contributed by atoms with Crippen LogP contribution in [-0.2, 0) is 9.59 Å². The van der Waals surface area contributed by atoms with Gasteiger partial charge in [-0.2, -0.15) is 0 Å². The molecule has 0 aromatic heterocycles. The Morgan fingerprint density at radius 2 is 1.50 bits per heavy atom. The third-order valence-corrected chi connectivity index (χ3v) is 3.26. The van der Waals surface area contributed by atoms with Gasteiger partial charge in [0.2, 0.25) is 0 Å². The number of carbonyl (C=O) groups is 2. The SMILES string of the molecule is O=C1NC(=O)C2=C1[C@@H]1CC[C@H]2C1. The molecule has 3 heteroatoms. The Morgan fingerprint density at radius 1 is 1.00 bits per heavy atom. The normalized spacial score (nSPS) is 37.7. The van der Waals surface area contributed by atoms with Gasteiger partial charge in [0.25, 0.3) is 11.8 Å². The maximum atomic E-state index is 11.3. The summed E-state index contributed by atoms with van der Waals surface area (Å²) < 4.78 is 0. The van der Waals surface area contributed by atoms with Gasteiger partial charge in [0.1, 0.15) is 0 Å². The van der Waals surface area contributed by atoms with Crippen molar-refractivity contribution in [2.45, 2.75) is 19.3 Å². The van der Waals surface area contributed by atoms with Crippen LogP contribution in [-0.4, -0.2) is 11.8 Å². The number of hydrogen-bond acceptors (Lipinski definition) is 2. The Balaban J connectivity index is 2.18. The smallest absolute Gasteiger partial charge is 0.254 e. The van der Waals surface area contributed by atoms with Crippen molar-refractivity contribution in [3.63, 3.8) is 0 Å². The van der Waals surface area contributed by atoms with E-state index in [2.05, 4.69) is 5.32 Å². The van der Waals surface area contributed by atoms with Crippen molar-refractivity contribution in [3.8, 4) is 0 Å². The lowest BCUT2D eigenvalue weighted by atomic mass is 9.93. The highest BCUT2D eigenvalue weighted by molar-refractivity contribution is 6.20. The Morgan fingerprint density at radius 3 is 2.00 bits per heavy atom. The van der Waals surface area contributed by atoms with Crippen LogP contribution in [0, 0.1) is 11.8 Å². The Labute approximate surface area is 69.8 Å². The van der Waals surface area contributed by atoms with Crippen LogP contribution in [0.25, 0.3) is 0 Å². The third-order valence-electron chi connectivity index (χ3n) is 3.26. The number of imide groups is 1. The summed E-state index contributed by atoms with van der Waals surface area (Å²) in [4.78, 5) is 22.5. The maximum absolute atomic E-state index is 11.3. The van der Waals surface area contributed by atoms with Crippen LogP contribution in [0.3, 0.4) is 0 Å². The zero-order valence-electron chi connectivity index (χ0n) is 6.59. The number of hydrogen-bond donors (Lipinski definition) is 1. The monoisotopic (exact) mass is 163 g/mol. The van der Waals surface area contributed by atoms with Gasteiger partial charge in [-0.3, -0.25) is 14.9 Å². The minimum Gasteiger partial charge on any atom is -0.289 e. The van der Waals surface area contributed by atoms with E-state index >= 15 is 0 Å². The van der Waals surface area contributed by atoms with Crippen molar-refractivity contribution in [1.29, 1.82) is 0 Å². The average molecular weight is 163 g/mol. The van der Waals surface area contributed by atoms with E-state index in [1.54, 1.807) is 0 Å². The lowest BCUT2D eigenvalue weighted by Crippen LogP contribution is -2.26. The number of fused-ring (bicyclic) bond motifs is 4. The summed E-state index contributed by atoms with van der Waals surface area (Å²) in [5.74, 6) is 0.553. The highest BCUT2D eigenvalue weighted by atomic mass is 16.2. The fraction of sp³-hybridized carbons (Fsp3) is 0.556. The molecule has 2 atom stereocenters. The van der Waals surface area contributed by atoms with Crippen LogP contribution in [0.2, 0.25) is 0 Å². The standard InChI is InChI=1S/C9H9NO2/c11-8-6-4-1-2-5(3-4)7(6)9(12)10-8/h4-5H,1-3H2,(H,10,11,12)/t4-,5+. The van der Waals surface area contributed by atoms with Crippen molar-refractivity contribution in [1.82, 2.24) is 5.32 Å². The minimum atomic E-state index is -0.123. The first-order chi connectivity index (χ1) is 5.77. The molecule has 0 spiro atoms. The molecule has 0 aromatic rings. The molecule has 0 saturated heterocycles. The van der Waals surface area contributed by atoms with Crippen molar-refractivity contribution >= 4 is 11.8 Å². The molecule has 1 aliphatic heterocycles. The minimum absolute atomic E-state index is 0.123. The molecule has 62 valence electrons. The molecule has 2 amide bonds. The van der Waals surface area contributed by atoms with Gasteiger partial charge in [0.05, 0.1) is 0 Å². The van der Waals surface area contributed by atoms with E-state index in [1.807, 2.05) is 0 Å². The topological polar surface area (TPSA) is 46.2 Å². The van der Waals surface area contributed by atoms with Gasteiger partial charge >= 0.3 is 0 Å². The molecule has 1 fully saturated rings. The second kappa shape index (κ2) is 1.79. The van der Waals surface area contributed by atoms with Gasteiger partial charge in [0.15, 0.2) is 0 Å². The molecule has 0 aromatic carbocycles. The van der Waals surface area contributed by atoms with Gasteiger partial charge in [-0.25, -0.2) is 0 Å². The lowest BCUT2D eigenvalue weighted by Gasteiger charge is -2.08. The van der Waals surface area contributed by atoms with Gasteiger partial charge in [0, 0.05) is 11.1 Å². The second-order valence-corrected chi connectivity index (χ2v) is 3.82. The Bertz CT molecular complexity index is 299. The molecule has 0 unspecified atom stereocenters. The van der Waals surface area contributed by atoms with E-state index < -0.39 is 0 Å².